The molecular weight excluding hydrogens is 320 g/mol. The first kappa shape index (κ1) is 16.3. The van der Waals surface area contributed by atoms with E-state index in [1.165, 1.54) is 17.1 Å². The lowest BCUT2D eigenvalue weighted by atomic mass is 10.2. The first-order valence-corrected chi connectivity index (χ1v) is 9.84. The van der Waals surface area contributed by atoms with Crippen molar-refractivity contribution in [2.75, 3.05) is 32.8 Å². The van der Waals surface area contributed by atoms with Gasteiger partial charge in [-0.3, -0.25) is 4.90 Å². The van der Waals surface area contributed by atoms with Gasteiger partial charge in [-0.05, 0) is 35.9 Å². The molecule has 24 heavy (non-hydrogen) atoms. The predicted molar refractivity (Wildman–Crippen MR) is 96.4 cm³/mol. The van der Waals surface area contributed by atoms with Crippen molar-refractivity contribution in [2.24, 2.45) is 5.92 Å². The van der Waals surface area contributed by atoms with Crippen molar-refractivity contribution >= 4 is 11.3 Å². The van der Waals surface area contributed by atoms with Gasteiger partial charge in [-0.25, -0.2) is 0 Å². The van der Waals surface area contributed by atoms with E-state index in [2.05, 4.69) is 46.8 Å². The standard InChI is InChI=1S/C19H26N2O2S/c1-14-11-16(14)18-5-4-15(23-18)12-20-13-17(19-3-2-10-24-19)21-6-8-22-9-7-21/h2-5,10,14,16-17,20H,6-9,11-13H2,1H3. The third-order valence-corrected chi connectivity index (χ3v) is 6.13. The normalized spacial score (nSPS) is 25.7. The van der Waals surface area contributed by atoms with Crippen LogP contribution in [-0.4, -0.2) is 37.7 Å². The van der Waals surface area contributed by atoms with Crippen molar-refractivity contribution in [1.29, 1.82) is 0 Å². The molecule has 1 saturated heterocycles. The Morgan fingerprint density at radius 2 is 2.12 bits per heavy atom. The molecule has 2 aromatic rings. The molecule has 1 aliphatic carbocycles. The fourth-order valence-corrected chi connectivity index (χ4v) is 4.38. The Morgan fingerprint density at radius 1 is 1.29 bits per heavy atom. The maximum absolute atomic E-state index is 6.00. The van der Waals surface area contributed by atoms with Gasteiger partial charge in [0.25, 0.3) is 0 Å². The Kier molecular flexibility index (Phi) is 5.03. The number of rotatable bonds is 7. The average molecular weight is 346 g/mol. The van der Waals surface area contributed by atoms with E-state index in [4.69, 9.17) is 9.15 Å². The Hall–Kier alpha value is -1.14. The van der Waals surface area contributed by atoms with Crippen LogP contribution >= 0.6 is 11.3 Å². The summed E-state index contributed by atoms with van der Waals surface area (Å²) in [4.78, 5) is 3.96. The number of nitrogens with one attached hydrogen (secondary N) is 1. The Balaban J connectivity index is 1.34. The summed E-state index contributed by atoms with van der Waals surface area (Å²) in [6.45, 7) is 7.72. The van der Waals surface area contributed by atoms with Crippen LogP contribution in [0, 0.1) is 5.92 Å². The molecule has 3 heterocycles. The molecule has 3 unspecified atom stereocenters. The van der Waals surface area contributed by atoms with Gasteiger partial charge in [-0.15, -0.1) is 11.3 Å². The van der Waals surface area contributed by atoms with E-state index < -0.39 is 0 Å². The van der Waals surface area contributed by atoms with E-state index in [9.17, 15) is 0 Å². The summed E-state index contributed by atoms with van der Waals surface area (Å²) in [6.07, 6.45) is 1.28. The number of morpholine rings is 1. The smallest absolute Gasteiger partial charge is 0.117 e. The number of furan rings is 1. The molecule has 0 radical (unpaired) electrons. The molecule has 0 aromatic carbocycles. The highest BCUT2D eigenvalue weighted by atomic mass is 32.1. The van der Waals surface area contributed by atoms with Crippen molar-refractivity contribution < 1.29 is 9.15 Å². The van der Waals surface area contributed by atoms with Crippen LogP contribution < -0.4 is 5.32 Å². The van der Waals surface area contributed by atoms with Crippen LogP contribution in [0.25, 0.3) is 0 Å². The SMILES string of the molecule is CC1CC1c1ccc(CNCC(c2cccs2)N2CCOCC2)o1. The van der Waals surface area contributed by atoms with Gasteiger partial charge in [0.1, 0.15) is 11.5 Å². The Bertz CT molecular complexity index is 634. The quantitative estimate of drug-likeness (QED) is 0.831. The lowest BCUT2D eigenvalue weighted by Gasteiger charge is -2.34. The second-order valence-electron chi connectivity index (χ2n) is 6.93. The van der Waals surface area contributed by atoms with Crippen molar-refractivity contribution in [2.45, 2.75) is 31.8 Å². The predicted octanol–water partition coefficient (Wildman–Crippen LogP) is 3.63. The Labute approximate surface area is 147 Å². The van der Waals surface area contributed by atoms with E-state index >= 15 is 0 Å². The van der Waals surface area contributed by atoms with Crippen LogP contribution in [0.3, 0.4) is 0 Å². The zero-order valence-corrected chi connectivity index (χ0v) is 15.1. The summed E-state index contributed by atoms with van der Waals surface area (Å²) in [5, 5.41) is 5.77. The molecule has 2 aromatic heterocycles. The summed E-state index contributed by atoms with van der Waals surface area (Å²) in [5.41, 5.74) is 0. The second-order valence-corrected chi connectivity index (χ2v) is 7.91. The van der Waals surface area contributed by atoms with Crippen LogP contribution in [0.1, 0.15) is 41.7 Å². The van der Waals surface area contributed by atoms with Crippen LogP contribution in [0.15, 0.2) is 34.1 Å². The molecular formula is C19H26N2O2S. The number of ether oxygens (including phenoxy) is 1. The summed E-state index contributed by atoms with van der Waals surface area (Å²) in [5.74, 6) is 3.67. The van der Waals surface area contributed by atoms with Gasteiger partial charge >= 0.3 is 0 Å². The molecule has 1 saturated carbocycles. The van der Waals surface area contributed by atoms with Gasteiger partial charge in [0.2, 0.25) is 0 Å². The van der Waals surface area contributed by atoms with E-state index in [0.717, 1.165) is 51.1 Å². The van der Waals surface area contributed by atoms with Gasteiger partial charge in [0.05, 0.1) is 25.8 Å². The van der Waals surface area contributed by atoms with Gasteiger partial charge in [0, 0.05) is 30.4 Å². The molecule has 2 fully saturated rings. The zero-order chi connectivity index (χ0) is 16.4. The molecule has 3 atom stereocenters. The molecule has 0 amide bonds. The summed E-state index contributed by atoms with van der Waals surface area (Å²) >= 11 is 1.84. The van der Waals surface area contributed by atoms with Crippen molar-refractivity contribution in [3.8, 4) is 0 Å². The van der Waals surface area contributed by atoms with E-state index in [1.807, 2.05) is 11.3 Å². The molecule has 1 aliphatic heterocycles. The monoisotopic (exact) mass is 346 g/mol. The van der Waals surface area contributed by atoms with Gasteiger partial charge < -0.3 is 14.5 Å². The lowest BCUT2D eigenvalue weighted by molar-refractivity contribution is 0.0167. The fourth-order valence-electron chi connectivity index (χ4n) is 3.52. The highest BCUT2D eigenvalue weighted by molar-refractivity contribution is 7.10. The molecule has 5 heteroatoms. The fraction of sp³-hybridized carbons (Fsp3) is 0.579. The minimum atomic E-state index is 0.423. The molecule has 4 nitrogen and oxygen atoms in total. The third-order valence-electron chi connectivity index (χ3n) is 5.15. The summed E-state index contributed by atoms with van der Waals surface area (Å²) in [6, 6.07) is 9.09. The minimum absolute atomic E-state index is 0.423. The third kappa shape index (κ3) is 3.75. The van der Waals surface area contributed by atoms with Crippen molar-refractivity contribution in [1.82, 2.24) is 10.2 Å². The first-order chi connectivity index (χ1) is 11.8. The highest BCUT2D eigenvalue weighted by Gasteiger charge is 2.36. The largest absolute Gasteiger partial charge is 0.464 e. The number of hydrogen-bond acceptors (Lipinski definition) is 5. The first-order valence-electron chi connectivity index (χ1n) is 8.96. The second kappa shape index (κ2) is 7.40. The number of hydrogen-bond donors (Lipinski definition) is 1. The highest BCUT2D eigenvalue weighted by Crippen LogP contribution is 2.47. The van der Waals surface area contributed by atoms with E-state index in [-0.39, 0.29) is 0 Å². The molecule has 4 rings (SSSR count). The summed E-state index contributed by atoms with van der Waals surface area (Å²) < 4.78 is 11.5. The maximum Gasteiger partial charge on any atom is 0.117 e. The zero-order valence-electron chi connectivity index (χ0n) is 14.2. The van der Waals surface area contributed by atoms with E-state index in [1.54, 1.807) is 0 Å². The van der Waals surface area contributed by atoms with Gasteiger partial charge in [0.15, 0.2) is 0 Å². The van der Waals surface area contributed by atoms with Crippen LogP contribution in [-0.2, 0) is 11.3 Å². The van der Waals surface area contributed by atoms with Crippen LogP contribution in [0.5, 0.6) is 0 Å². The van der Waals surface area contributed by atoms with Crippen molar-refractivity contribution in [3.05, 3.63) is 46.0 Å². The minimum Gasteiger partial charge on any atom is -0.464 e. The molecule has 2 aliphatic rings. The van der Waals surface area contributed by atoms with E-state index in [0.29, 0.717) is 12.0 Å². The topological polar surface area (TPSA) is 37.6 Å². The van der Waals surface area contributed by atoms with Gasteiger partial charge in [-0.1, -0.05) is 13.0 Å². The number of thiophene rings is 1. The molecule has 0 spiro atoms. The maximum atomic E-state index is 6.00. The summed E-state index contributed by atoms with van der Waals surface area (Å²) in [7, 11) is 0. The van der Waals surface area contributed by atoms with Crippen LogP contribution in [0.4, 0.5) is 0 Å². The number of nitrogens with zero attached hydrogens (tertiary/aromatic N) is 1. The van der Waals surface area contributed by atoms with Crippen molar-refractivity contribution in [3.63, 3.8) is 0 Å². The molecule has 1 N–H and O–H groups in total. The average Bonchev–Trinajstić information content (AvgIpc) is 3.02. The molecule has 0 bridgehead atoms. The van der Waals surface area contributed by atoms with Gasteiger partial charge in [-0.2, -0.15) is 0 Å². The Morgan fingerprint density at radius 3 is 2.83 bits per heavy atom. The lowest BCUT2D eigenvalue weighted by Crippen LogP contribution is -2.42. The van der Waals surface area contributed by atoms with Crippen LogP contribution in [0.2, 0.25) is 0 Å². The molecule has 130 valence electrons.